The van der Waals surface area contributed by atoms with E-state index >= 15 is 0 Å². The van der Waals surface area contributed by atoms with Gasteiger partial charge in [-0.1, -0.05) is 6.92 Å². The van der Waals surface area contributed by atoms with Crippen LogP contribution in [0.25, 0.3) is 0 Å². The smallest absolute Gasteiger partial charge is 0.253 e. The molecular weight excluding hydrogens is 330 g/mol. The molecule has 0 radical (unpaired) electrons. The summed E-state index contributed by atoms with van der Waals surface area (Å²) in [6, 6.07) is 5.41. The Morgan fingerprint density at radius 3 is 2.54 bits per heavy atom. The average molecular weight is 354 g/mol. The van der Waals surface area contributed by atoms with E-state index in [1.807, 2.05) is 6.92 Å². The highest BCUT2D eigenvalue weighted by molar-refractivity contribution is 6.04. The summed E-state index contributed by atoms with van der Waals surface area (Å²) in [7, 11) is 1.56. The van der Waals surface area contributed by atoms with Crippen molar-refractivity contribution in [1.29, 1.82) is 0 Å². The zero-order valence-corrected chi connectivity index (χ0v) is 14.7. The molecule has 132 valence electrons. The zero-order valence-electron chi connectivity index (χ0n) is 13.9. The first-order valence-corrected chi connectivity index (χ1v) is 8.09. The minimum Gasteiger partial charge on any atom is -0.497 e. The van der Waals surface area contributed by atoms with Crippen molar-refractivity contribution in [3.05, 3.63) is 23.8 Å². The number of anilines is 1. The maximum atomic E-state index is 12.4. The van der Waals surface area contributed by atoms with Gasteiger partial charge >= 0.3 is 0 Å². The molecule has 1 aliphatic heterocycles. The summed E-state index contributed by atoms with van der Waals surface area (Å²) in [4.78, 5) is 24.8. The first kappa shape index (κ1) is 18.5. The highest BCUT2D eigenvalue weighted by atomic mass is 35.5. The Morgan fingerprint density at radius 1 is 1.29 bits per heavy atom. The Morgan fingerprint density at radius 2 is 2.00 bits per heavy atom. The molecule has 1 aromatic carbocycles. The van der Waals surface area contributed by atoms with Crippen molar-refractivity contribution >= 4 is 29.9 Å². The second-order valence-electron chi connectivity index (χ2n) is 6.36. The van der Waals surface area contributed by atoms with Crippen LogP contribution in [0.15, 0.2) is 18.2 Å². The van der Waals surface area contributed by atoms with Gasteiger partial charge in [0.25, 0.3) is 5.91 Å². The Labute approximate surface area is 148 Å². The van der Waals surface area contributed by atoms with Crippen LogP contribution >= 0.6 is 12.4 Å². The van der Waals surface area contributed by atoms with Gasteiger partial charge in [0.2, 0.25) is 5.91 Å². The molecule has 2 fully saturated rings. The molecular formula is C17H24ClN3O3. The summed E-state index contributed by atoms with van der Waals surface area (Å²) in [5, 5.41) is 9.03. The lowest BCUT2D eigenvalue weighted by Gasteiger charge is -2.31. The Hall–Kier alpha value is -1.79. The number of ether oxygens (including phenoxy) is 1. The predicted molar refractivity (Wildman–Crippen MR) is 94.9 cm³/mol. The number of hydrogen-bond donors (Lipinski definition) is 3. The molecule has 0 spiro atoms. The van der Waals surface area contributed by atoms with Crippen LogP contribution in [0, 0.1) is 11.8 Å². The number of carbonyl (C=O) groups is 2. The fourth-order valence-corrected chi connectivity index (χ4v) is 2.56. The number of hydrogen-bond acceptors (Lipinski definition) is 4. The van der Waals surface area contributed by atoms with E-state index in [0.29, 0.717) is 22.9 Å². The van der Waals surface area contributed by atoms with Gasteiger partial charge in [-0.05, 0) is 50.0 Å². The van der Waals surface area contributed by atoms with Gasteiger partial charge < -0.3 is 20.7 Å². The molecule has 1 saturated carbocycles. The van der Waals surface area contributed by atoms with Gasteiger partial charge in [0.05, 0.1) is 18.4 Å². The summed E-state index contributed by atoms with van der Waals surface area (Å²) in [5.41, 5.74) is 0.983. The molecule has 7 heteroatoms. The summed E-state index contributed by atoms with van der Waals surface area (Å²) < 4.78 is 5.20. The van der Waals surface area contributed by atoms with Crippen molar-refractivity contribution in [2.45, 2.75) is 25.8 Å². The van der Waals surface area contributed by atoms with Gasteiger partial charge in [0.1, 0.15) is 5.75 Å². The van der Waals surface area contributed by atoms with Gasteiger partial charge in [-0.25, -0.2) is 0 Å². The van der Waals surface area contributed by atoms with Crippen LogP contribution < -0.4 is 20.7 Å². The summed E-state index contributed by atoms with van der Waals surface area (Å²) in [6.07, 6.45) is 2.03. The van der Waals surface area contributed by atoms with E-state index in [2.05, 4.69) is 16.0 Å². The molecule has 24 heavy (non-hydrogen) atoms. The Kier molecular flexibility index (Phi) is 6.07. The molecule has 0 aromatic heterocycles. The molecule has 2 amide bonds. The highest BCUT2D eigenvalue weighted by Crippen LogP contribution is 2.26. The normalized spacial score (nSPS) is 17.9. The van der Waals surface area contributed by atoms with E-state index in [-0.39, 0.29) is 36.2 Å². The average Bonchev–Trinajstić information content (AvgIpc) is 3.29. The minimum absolute atomic E-state index is 0. The SMILES string of the molecule is COc1ccc(NC(=O)C(C)C2CNC2)c(C(=O)NC2CC2)c1.Cl. The van der Waals surface area contributed by atoms with Crippen LogP contribution in [-0.4, -0.2) is 38.1 Å². The van der Waals surface area contributed by atoms with Crippen molar-refractivity contribution in [3.8, 4) is 5.75 Å². The minimum atomic E-state index is -0.167. The maximum absolute atomic E-state index is 12.4. The molecule has 1 atom stereocenters. The van der Waals surface area contributed by atoms with Crippen LogP contribution in [0.1, 0.15) is 30.1 Å². The van der Waals surface area contributed by atoms with Crippen LogP contribution in [0.2, 0.25) is 0 Å². The first-order chi connectivity index (χ1) is 11.1. The van der Waals surface area contributed by atoms with E-state index in [1.54, 1.807) is 25.3 Å². The molecule has 3 rings (SSSR count). The predicted octanol–water partition coefficient (Wildman–Crippen LogP) is 1.80. The van der Waals surface area contributed by atoms with Crippen LogP contribution in [0.4, 0.5) is 5.69 Å². The lowest BCUT2D eigenvalue weighted by atomic mass is 9.88. The number of amides is 2. The van der Waals surface area contributed by atoms with E-state index in [9.17, 15) is 9.59 Å². The molecule has 0 bridgehead atoms. The van der Waals surface area contributed by atoms with E-state index in [4.69, 9.17) is 4.74 Å². The van der Waals surface area contributed by atoms with Gasteiger partial charge in [0, 0.05) is 12.0 Å². The second kappa shape index (κ2) is 7.85. The molecule has 3 N–H and O–H groups in total. The van der Waals surface area contributed by atoms with Crippen molar-refractivity contribution in [1.82, 2.24) is 10.6 Å². The van der Waals surface area contributed by atoms with E-state index < -0.39 is 0 Å². The lowest BCUT2D eigenvalue weighted by molar-refractivity contribution is -0.121. The third-order valence-corrected chi connectivity index (χ3v) is 4.58. The summed E-state index contributed by atoms with van der Waals surface area (Å²) in [5.74, 6) is 0.650. The van der Waals surface area contributed by atoms with Crippen molar-refractivity contribution in [2.75, 3.05) is 25.5 Å². The molecule has 6 nitrogen and oxygen atoms in total. The lowest BCUT2D eigenvalue weighted by Crippen LogP contribution is -2.48. The van der Waals surface area contributed by atoms with Gasteiger partial charge in [-0.2, -0.15) is 0 Å². The van der Waals surface area contributed by atoms with Crippen molar-refractivity contribution in [3.63, 3.8) is 0 Å². The maximum Gasteiger partial charge on any atom is 0.253 e. The van der Waals surface area contributed by atoms with Crippen molar-refractivity contribution < 1.29 is 14.3 Å². The highest BCUT2D eigenvalue weighted by Gasteiger charge is 2.30. The molecule has 1 aliphatic carbocycles. The number of rotatable bonds is 6. The third-order valence-electron chi connectivity index (χ3n) is 4.58. The Bertz CT molecular complexity index is 615. The molecule has 1 aromatic rings. The summed E-state index contributed by atoms with van der Waals surface area (Å²) in [6.45, 7) is 3.66. The number of benzene rings is 1. The number of methoxy groups -OCH3 is 1. The molecule has 1 unspecified atom stereocenters. The zero-order chi connectivity index (χ0) is 16.4. The van der Waals surface area contributed by atoms with Crippen LogP contribution in [-0.2, 0) is 4.79 Å². The van der Waals surface area contributed by atoms with Crippen LogP contribution in [0.5, 0.6) is 5.75 Å². The fourth-order valence-electron chi connectivity index (χ4n) is 2.56. The first-order valence-electron chi connectivity index (χ1n) is 8.09. The fraction of sp³-hybridized carbons (Fsp3) is 0.529. The van der Waals surface area contributed by atoms with Crippen LogP contribution in [0.3, 0.4) is 0 Å². The van der Waals surface area contributed by atoms with Gasteiger partial charge in [0.15, 0.2) is 0 Å². The Balaban J connectivity index is 0.00000208. The van der Waals surface area contributed by atoms with E-state index in [0.717, 1.165) is 25.9 Å². The molecule has 2 aliphatic rings. The molecule has 1 heterocycles. The quantitative estimate of drug-likeness (QED) is 0.728. The largest absolute Gasteiger partial charge is 0.497 e. The second-order valence-corrected chi connectivity index (χ2v) is 6.36. The standard InChI is InChI=1S/C17H23N3O3.ClH/c1-10(11-8-18-9-11)16(21)20-15-6-5-13(23-2)7-14(15)17(22)19-12-3-4-12;/h5-7,10-12,18H,3-4,8-9H2,1-2H3,(H,19,22)(H,20,21);1H. The summed E-state index contributed by atoms with van der Waals surface area (Å²) >= 11 is 0. The number of halogens is 1. The topological polar surface area (TPSA) is 79.5 Å². The van der Waals surface area contributed by atoms with Gasteiger partial charge in [-0.3, -0.25) is 9.59 Å². The number of carbonyl (C=O) groups excluding carboxylic acids is 2. The third kappa shape index (κ3) is 4.19. The molecule has 1 saturated heterocycles. The van der Waals surface area contributed by atoms with Crippen molar-refractivity contribution in [2.24, 2.45) is 11.8 Å². The monoisotopic (exact) mass is 353 g/mol. The van der Waals surface area contributed by atoms with E-state index in [1.165, 1.54) is 0 Å². The number of nitrogens with one attached hydrogen (secondary N) is 3. The van der Waals surface area contributed by atoms with Gasteiger partial charge in [-0.15, -0.1) is 12.4 Å².